The summed E-state index contributed by atoms with van der Waals surface area (Å²) >= 11 is 6.09. The molecule has 0 amide bonds. The highest BCUT2D eigenvalue weighted by atomic mass is 35.5. The van der Waals surface area contributed by atoms with Gasteiger partial charge < -0.3 is 0 Å². The van der Waals surface area contributed by atoms with Gasteiger partial charge in [0.05, 0.1) is 16.6 Å². The molecule has 2 aromatic carbocycles. The molecule has 0 aliphatic rings. The molecule has 5 heteroatoms. The van der Waals surface area contributed by atoms with Gasteiger partial charge in [-0.05, 0) is 36.4 Å². The Morgan fingerprint density at radius 2 is 1.82 bits per heavy atom. The van der Waals surface area contributed by atoms with Crippen LogP contribution in [-0.2, 0) is 7.05 Å². The Kier molecular flexibility index (Phi) is 2.81. The number of rotatable bonds is 1. The van der Waals surface area contributed by atoms with E-state index in [2.05, 4.69) is 4.98 Å². The SMILES string of the molecule is Cn1c(=O)n(-c2ccc3ccccc3n2)c2cc(Cl)ccc21. The molecule has 0 atom stereocenters. The molecule has 0 saturated heterocycles. The molecule has 0 fully saturated rings. The summed E-state index contributed by atoms with van der Waals surface area (Å²) in [4.78, 5) is 17.2. The first-order valence-electron chi connectivity index (χ1n) is 6.88. The van der Waals surface area contributed by atoms with Crippen molar-refractivity contribution in [3.05, 3.63) is 70.1 Å². The number of fused-ring (bicyclic) bond motifs is 2. The van der Waals surface area contributed by atoms with Crippen molar-refractivity contribution in [3.63, 3.8) is 0 Å². The van der Waals surface area contributed by atoms with Gasteiger partial charge in [-0.1, -0.05) is 29.8 Å². The maximum Gasteiger partial charge on any atom is 0.334 e. The van der Waals surface area contributed by atoms with Gasteiger partial charge in [0.1, 0.15) is 5.82 Å². The third-order valence-corrected chi connectivity index (χ3v) is 4.07. The minimum absolute atomic E-state index is 0.139. The van der Waals surface area contributed by atoms with E-state index in [1.54, 1.807) is 28.3 Å². The van der Waals surface area contributed by atoms with Gasteiger partial charge >= 0.3 is 5.69 Å². The Bertz CT molecular complexity index is 1080. The van der Waals surface area contributed by atoms with Crippen LogP contribution < -0.4 is 5.69 Å². The van der Waals surface area contributed by atoms with Gasteiger partial charge in [0.2, 0.25) is 0 Å². The monoisotopic (exact) mass is 309 g/mol. The molecule has 108 valence electrons. The highest BCUT2D eigenvalue weighted by Crippen LogP contribution is 2.21. The fourth-order valence-electron chi connectivity index (χ4n) is 2.72. The highest BCUT2D eigenvalue weighted by molar-refractivity contribution is 6.31. The standard InChI is InChI=1S/C17H12ClN3O/c1-20-14-8-7-12(18)10-15(14)21(17(20)22)16-9-6-11-4-2-3-5-13(11)19-16/h2-10H,1H3. The Labute approximate surface area is 131 Å². The molecule has 0 unspecified atom stereocenters. The van der Waals surface area contributed by atoms with Crippen LogP contribution in [0.2, 0.25) is 5.02 Å². The second kappa shape index (κ2) is 4.71. The summed E-state index contributed by atoms with van der Waals surface area (Å²) < 4.78 is 3.19. The molecule has 4 aromatic rings. The summed E-state index contributed by atoms with van der Waals surface area (Å²) in [6.45, 7) is 0. The van der Waals surface area contributed by atoms with E-state index in [0.29, 0.717) is 10.8 Å². The zero-order valence-corrected chi connectivity index (χ0v) is 12.6. The van der Waals surface area contributed by atoms with E-state index >= 15 is 0 Å². The molecule has 4 rings (SSSR count). The van der Waals surface area contributed by atoms with Crippen LogP contribution in [0.5, 0.6) is 0 Å². The van der Waals surface area contributed by atoms with Crippen LogP contribution in [0.4, 0.5) is 0 Å². The summed E-state index contributed by atoms with van der Waals surface area (Å²) in [5.74, 6) is 0.594. The van der Waals surface area contributed by atoms with Crippen molar-refractivity contribution in [1.29, 1.82) is 0 Å². The van der Waals surface area contributed by atoms with Gasteiger partial charge in [-0.25, -0.2) is 14.3 Å². The topological polar surface area (TPSA) is 39.8 Å². The van der Waals surface area contributed by atoms with Crippen LogP contribution in [0.3, 0.4) is 0 Å². The van der Waals surface area contributed by atoms with Crippen molar-refractivity contribution >= 4 is 33.5 Å². The van der Waals surface area contributed by atoms with Crippen molar-refractivity contribution in [2.24, 2.45) is 7.05 Å². The Morgan fingerprint density at radius 1 is 1.00 bits per heavy atom. The molecule has 0 radical (unpaired) electrons. The molecule has 0 aliphatic carbocycles. The van der Waals surface area contributed by atoms with Crippen molar-refractivity contribution in [2.45, 2.75) is 0 Å². The lowest BCUT2D eigenvalue weighted by Crippen LogP contribution is -2.21. The zero-order valence-electron chi connectivity index (χ0n) is 11.8. The largest absolute Gasteiger partial charge is 0.334 e. The van der Waals surface area contributed by atoms with Crippen molar-refractivity contribution < 1.29 is 0 Å². The Balaban J connectivity index is 2.09. The smallest absolute Gasteiger partial charge is 0.295 e. The average Bonchev–Trinajstić information content (AvgIpc) is 2.78. The zero-order chi connectivity index (χ0) is 15.3. The summed E-state index contributed by atoms with van der Waals surface area (Å²) in [7, 11) is 1.75. The van der Waals surface area contributed by atoms with E-state index in [1.807, 2.05) is 42.5 Å². The summed E-state index contributed by atoms with van der Waals surface area (Å²) in [5, 5.41) is 1.63. The van der Waals surface area contributed by atoms with Gasteiger partial charge in [0.25, 0.3) is 0 Å². The molecular weight excluding hydrogens is 298 g/mol. The lowest BCUT2D eigenvalue weighted by molar-refractivity contribution is 0.836. The summed E-state index contributed by atoms with van der Waals surface area (Å²) in [6, 6.07) is 17.1. The number of pyridine rings is 1. The molecule has 0 N–H and O–H groups in total. The number of halogens is 1. The van der Waals surface area contributed by atoms with Crippen molar-refractivity contribution in [3.8, 4) is 5.82 Å². The molecule has 0 saturated carbocycles. The number of aryl methyl sites for hydroxylation is 1. The number of hydrogen-bond donors (Lipinski definition) is 0. The summed E-state index contributed by atoms with van der Waals surface area (Å²) in [5.41, 5.74) is 2.29. The number of aromatic nitrogens is 3. The molecule has 2 heterocycles. The van der Waals surface area contributed by atoms with Gasteiger partial charge in [0, 0.05) is 17.5 Å². The first-order chi connectivity index (χ1) is 10.6. The van der Waals surface area contributed by atoms with Crippen LogP contribution in [0, 0.1) is 0 Å². The van der Waals surface area contributed by atoms with Crippen LogP contribution in [0.25, 0.3) is 27.8 Å². The average molecular weight is 310 g/mol. The van der Waals surface area contributed by atoms with E-state index in [4.69, 9.17) is 11.6 Å². The first-order valence-corrected chi connectivity index (χ1v) is 7.26. The van der Waals surface area contributed by atoms with Crippen molar-refractivity contribution in [1.82, 2.24) is 14.1 Å². The fourth-order valence-corrected chi connectivity index (χ4v) is 2.88. The molecule has 4 nitrogen and oxygen atoms in total. The maximum absolute atomic E-state index is 12.6. The van der Waals surface area contributed by atoms with E-state index in [-0.39, 0.29) is 5.69 Å². The second-order valence-electron chi connectivity index (χ2n) is 5.17. The lowest BCUT2D eigenvalue weighted by Gasteiger charge is -2.04. The first kappa shape index (κ1) is 13.1. The summed E-state index contributed by atoms with van der Waals surface area (Å²) in [6.07, 6.45) is 0. The van der Waals surface area contributed by atoms with Crippen LogP contribution in [-0.4, -0.2) is 14.1 Å². The van der Waals surface area contributed by atoms with E-state index in [1.165, 1.54) is 0 Å². The maximum atomic E-state index is 12.6. The highest BCUT2D eigenvalue weighted by Gasteiger charge is 2.13. The number of benzene rings is 2. The number of hydrogen-bond acceptors (Lipinski definition) is 2. The Morgan fingerprint density at radius 3 is 2.68 bits per heavy atom. The fraction of sp³-hybridized carbons (Fsp3) is 0.0588. The molecule has 0 bridgehead atoms. The molecule has 0 spiro atoms. The minimum atomic E-state index is -0.139. The van der Waals surface area contributed by atoms with Crippen LogP contribution in [0.1, 0.15) is 0 Å². The lowest BCUT2D eigenvalue weighted by atomic mass is 10.2. The van der Waals surface area contributed by atoms with Gasteiger partial charge in [-0.2, -0.15) is 0 Å². The predicted molar refractivity (Wildman–Crippen MR) is 88.8 cm³/mol. The Hall–Kier alpha value is -2.59. The van der Waals surface area contributed by atoms with E-state index < -0.39 is 0 Å². The third kappa shape index (κ3) is 1.84. The molecule has 2 aromatic heterocycles. The van der Waals surface area contributed by atoms with Crippen molar-refractivity contribution in [2.75, 3.05) is 0 Å². The van der Waals surface area contributed by atoms with Crippen LogP contribution >= 0.6 is 11.6 Å². The minimum Gasteiger partial charge on any atom is -0.295 e. The molecular formula is C17H12ClN3O. The van der Waals surface area contributed by atoms with Gasteiger partial charge in [-0.15, -0.1) is 0 Å². The van der Waals surface area contributed by atoms with Gasteiger partial charge in [0.15, 0.2) is 0 Å². The molecule has 22 heavy (non-hydrogen) atoms. The number of imidazole rings is 1. The number of para-hydroxylation sites is 1. The van der Waals surface area contributed by atoms with Gasteiger partial charge in [-0.3, -0.25) is 4.57 Å². The number of nitrogens with zero attached hydrogens (tertiary/aromatic N) is 3. The molecule has 0 aliphatic heterocycles. The third-order valence-electron chi connectivity index (χ3n) is 3.83. The second-order valence-corrected chi connectivity index (χ2v) is 5.61. The van der Waals surface area contributed by atoms with E-state index in [9.17, 15) is 4.79 Å². The predicted octanol–water partition coefficient (Wildman–Crippen LogP) is 3.53. The quantitative estimate of drug-likeness (QED) is 0.539. The van der Waals surface area contributed by atoms with E-state index in [0.717, 1.165) is 21.9 Å². The normalized spacial score (nSPS) is 11.4. The van der Waals surface area contributed by atoms with Crippen LogP contribution in [0.15, 0.2) is 59.4 Å².